The monoisotopic (exact) mass is 183 g/mol. The number of halogens is 1. The van der Waals surface area contributed by atoms with Crippen LogP contribution < -0.4 is 4.74 Å². The van der Waals surface area contributed by atoms with Gasteiger partial charge in [-0.3, -0.25) is 0 Å². The number of pyridine rings is 1. The Bertz CT molecular complexity index is 312. The second-order valence-electron chi connectivity index (χ2n) is 2.34. The highest BCUT2D eigenvalue weighted by atomic mass is 19.1. The normalized spacial score (nSPS) is 10.7. The van der Waals surface area contributed by atoms with Crippen LogP contribution in [0.5, 0.6) is 5.88 Å². The van der Waals surface area contributed by atoms with Gasteiger partial charge >= 0.3 is 0 Å². The summed E-state index contributed by atoms with van der Waals surface area (Å²) in [6, 6.07) is 1.29. The molecule has 0 saturated carbocycles. The lowest BCUT2D eigenvalue weighted by atomic mass is 10.2. The molecule has 0 atom stereocenters. The van der Waals surface area contributed by atoms with Crippen LogP contribution in [0.25, 0.3) is 6.08 Å². The standard InChI is InChI=1S/C9H10FNO2/c1-13-9-7(3-2-4-12)5-8(10)6-11-9/h2-3,5-6,12H,4H2,1H3. The summed E-state index contributed by atoms with van der Waals surface area (Å²) >= 11 is 0. The maximum absolute atomic E-state index is 12.7. The van der Waals surface area contributed by atoms with Gasteiger partial charge in [-0.2, -0.15) is 0 Å². The third kappa shape index (κ3) is 2.52. The highest BCUT2D eigenvalue weighted by Gasteiger charge is 2.01. The van der Waals surface area contributed by atoms with Crippen molar-refractivity contribution in [3.63, 3.8) is 0 Å². The molecule has 0 saturated heterocycles. The van der Waals surface area contributed by atoms with E-state index >= 15 is 0 Å². The van der Waals surface area contributed by atoms with Crippen molar-refractivity contribution in [2.75, 3.05) is 13.7 Å². The number of rotatable bonds is 3. The molecule has 3 nitrogen and oxygen atoms in total. The van der Waals surface area contributed by atoms with Crippen molar-refractivity contribution in [3.05, 3.63) is 29.7 Å². The van der Waals surface area contributed by atoms with E-state index in [-0.39, 0.29) is 6.61 Å². The predicted octanol–water partition coefficient (Wildman–Crippen LogP) is 1.23. The fourth-order valence-electron chi connectivity index (χ4n) is 0.912. The Kier molecular flexibility index (Phi) is 3.40. The number of hydrogen-bond donors (Lipinski definition) is 1. The molecule has 0 fully saturated rings. The molecule has 0 aliphatic carbocycles. The molecular formula is C9H10FNO2. The number of aliphatic hydroxyl groups is 1. The van der Waals surface area contributed by atoms with E-state index in [1.165, 1.54) is 19.3 Å². The lowest BCUT2D eigenvalue weighted by Crippen LogP contribution is -1.92. The Morgan fingerprint density at radius 3 is 3.08 bits per heavy atom. The van der Waals surface area contributed by atoms with E-state index in [1.54, 1.807) is 6.08 Å². The number of hydrogen-bond acceptors (Lipinski definition) is 3. The molecule has 0 aromatic carbocycles. The zero-order valence-electron chi connectivity index (χ0n) is 7.20. The van der Waals surface area contributed by atoms with Crippen molar-refractivity contribution in [2.45, 2.75) is 0 Å². The second kappa shape index (κ2) is 4.57. The van der Waals surface area contributed by atoms with Crippen LogP contribution in [-0.4, -0.2) is 23.8 Å². The minimum absolute atomic E-state index is 0.0976. The first-order valence-electron chi connectivity index (χ1n) is 3.75. The lowest BCUT2D eigenvalue weighted by Gasteiger charge is -2.02. The molecule has 0 aliphatic heterocycles. The van der Waals surface area contributed by atoms with Crippen molar-refractivity contribution in [2.24, 2.45) is 0 Å². The van der Waals surface area contributed by atoms with Gasteiger partial charge < -0.3 is 9.84 Å². The molecule has 1 aromatic heterocycles. The fourth-order valence-corrected chi connectivity index (χ4v) is 0.912. The fraction of sp³-hybridized carbons (Fsp3) is 0.222. The molecule has 70 valence electrons. The lowest BCUT2D eigenvalue weighted by molar-refractivity contribution is 0.343. The Morgan fingerprint density at radius 1 is 1.69 bits per heavy atom. The Balaban J connectivity index is 3.01. The van der Waals surface area contributed by atoms with Crippen molar-refractivity contribution in [1.82, 2.24) is 4.98 Å². The molecule has 0 spiro atoms. The highest BCUT2D eigenvalue weighted by molar-refractivity contribution is 5.54. The third-order valence-electron chi connectivity index (χ3n) is 1.44. The molecule has 1 N–H and O–H groups in total. The van der Waals surface area contributed by atoms with E-state index in [4.69, 9.17) is 9.84 Å². The van der Waals surface area contributed by atoms with E-state index in [2.05, 4.69) is 4.98 Å². The summed E-state index contributed by atoms with van der Waals surface area (Å²) in [7, 11) is 1.45. The maximum atomic E-state index is 12.7. The van der Waals surface area contributed by atoms with E-state index in [1.807, 2.05) is 0 Å². The first-order chi connectivity index (χ1) is 6.27. The van der Waals surface area contributed by atoms with E-state index in [9.17, 15) is 4.39 Å². The average molecular weight is 183 g/mol. The van der Waals surface area contributed by atoms with Crippen molar-refractivity contribution >= 4 is 6.08 Å². The molecule has 4 heteroatoms. The topological polar surface area (TPSA) is 42.4 Å². The quantitative estimate of drug-likeness (QED) is 0.766. The number of methoxy groups -OCH3 is 1. The minimum atomic E-state index is -0.432. The Hall–Kier alpha value is -1.42. The van der Waals surface area contributed by atoms with Gasteiger partial charge in [0, 0.05) is 5.56 Å². The summed E-state index contributed by atoms with van der Waals surface area (Å²) < 4.78 is 17.6. The van der Waals surface area contributed by atoms with Crippen LogP contribution in [0.3, 0.4) is 0 Å². The zero-order valence-corrected chi connectivity index (χ0v) is 7.20. The average Bonchev–Trinajstić information content (AvgIpc) is 2.15. The summed E-state index contributed by atoms with van der Waals surface area (Å²) in [5, 5.41) is 8.52. The van der Waals surface area contributed by atoms with E-state index in [0.717, 1.165) is 6.20 Å². The van der Waals surface area contributed by atoms with Gasteiger partial charge in [0.05, 0.1) is 19.9 Å². The van der Waals surface area contributed by atoms with Gasteiger partial charge in [0.1, 0.15) is 5.82 Å². The van der Waals surface area contributed by atoms with Crippen LogP contribution in [0.2, 0.25) is 0 Å². The first-order valence-corrected chi connectivity index (χ1v) is 3.75. The molecule has 1 rings (SSSR count). The number of nitrogens with zero attached hydrogens (tertiary/aromatic N) is 1. The maximum Gasteiger partial charge on any atom is 0.220 e. The smallest absolute Gasteiger partial charge is 0.220 e. The van der Waals surface area contributed by atoms with Crippen molar-refractivity contribution < 1.29 is 14.2 Å². The minimum Gasteiger partial charge on any atom is -0.481 e. The van der Waals surface area contributed by atoms with Crippen LogP contribution >= 0.6 is 0 Å². The summed E-state index contributed by atoms with van der Waals surface area (Å²) in [5.41, 5.74) is 0.511. The molecule has 0 bridgehead atoms. The van der Waals surface area contributed by atoms with Gasteiger partial charge in [-0.1, -0.05) is 12.2 Å². The van der Waals surface area contributed by atoms with Crippen LogP contribution in [0, 0.1) is 5.82 Å². The van der Waals surface area contributed by atoms with Crippen molar-refractivity contribution in [1.29, 1.82) is 0 Å². The zero-order chi connectivity index (χ0) is 9.68. The van der Waals surface area contributed by atoms with Crippen molar-refractivity contribution in [3.8, 4) is 5.88 Å². The van der Waals surface area contributed by atoms with Crippen LogP contribution in [0.15, 0.2) is 18.3 Å². The third-order valence-corrected chi connectivity index (χ3v) is 1.44. The Labute approximate surface area is 75.5 Å². The molecule has 0 aliphatic rings. The molecule has 1 aromatic rings. The van der Waals surface area contributed by atoms with Gasteiger partial charge in [-0.05, 0) is 6.07 Å². The number of aliphatic hydroxyl groups excluding tert-OH is 1. The largest absolute Gasteiger partial charge is 0.481 e. The van der Waals surface area contributed by atoms with Crippen LogP contribution in [-0.2, 0) is 0 Å². The van der Waals surface area contributed by atoms with Gasteiger partial charge in [0.15, 0.2) is 0 Å². The second-order valence-corrected chi connectivity index (χ2v) is 2.34. The molecule has 0 radical (unpaired) electrons. The summed E-state index contributed by atoms with van der Waals surface area (Å²) in [5.74, 6) is -0.0931. The van der Waals surface area contributed by atoms with Crippen LogP contribution in [0.4, 0.5) is 4.39 Å². The Morgan fingerprint density at radius 2 is 2.46 bits per heavy atom. The van der Waals surface area contributed by atoms with Gasteiger partial charge in [0.25, 0.3) is 0 Å². The summed E-state index contributed by atoms with van der Waals surface area (Å²) in [6.45, 7) is -0.0976. The molecular weight excluding hydrogens is 173 g/mol. The number of ether oxygens (including phenoxy) is 1. The SMILES string of the molecule is COc1ncc(F)cc1C=CCO. The first kappa shape index (κ1) is 9.67. The summed E-state index contributed by atoms with van der Waals surface area (Å²) in [6.07, 6.45) is 4.11. The highest BCUT2D eigenvalue weighted by Crippen LogP contribution is 2.16. The molecule has 0 amide bonds. The molecule has 13 heavy (non-hydrogen) atoms. The number of aromatic nitrogens is 1. The molecule has 0 unspecified atom stereocenters. The van der Waals surface area contributed by atoms with Gasteiger partial charge in [-0.25, -0.2) is 9.37 Å². The predicted molar refractivity (Wildman–Crippen MR) is 46.9 cm³/mol. The molecule has 1 heterocycles. The summed E-state index contributed by atoms with van der Waals surface area (Å²) in [4.78, 5) is 3.72. The van der Waals surface area contributed by atoms with Gasteiger partial charge in [0.2, 0.25) is 5.88 Å². The van der Waals surface area contributed by atoms with E-state index in [0.29, 0.717) is 11.4 Å². The van der Waals surface area contributed by atoms with E-state index < -0.39 is 5.82 Å². The van der Waals surface area contributed by atoms with Crippen LogP contribution in [0.1, 0.15) is 5.56 Å². The van der Waals surface area contributed by atoms with Gasteiger partial charge in [-0.15, -0.1) is 0 Å².